The minimum absolute atomic E-state index is 0.410. The molecular weight excluding hydrogens is 306 g/mol. The van der Waals surface area contributed by atoms with Crippen LogP contribution in [0, 0.1) is 6.92 Å². The van der Waals surface area contributed by atoms with Crippen molar-refractivity contribution in [3.63, 3.8) is 0 Å². The number of hydrogen-bond donors (Lipinski definition) is 0. The second kappa shape index (κ2) is 5.77. The summed E-state index contributed by atoms with van der Waals surface area (Å²) in [6, 6.07) is 9.92. The fourth-order valence-electron chi connectivity index (χ4n) is 2.58. The molecule has 0 aliphatic heterocycles. The molecule has 0 radical (unpaired) electrons. The highest BCUT2D eigenvalue weighted by Gasteiger charge is 2.10. The fraction of sp³-hybridized carbons (Fsp3) is 0.176. The fourth-order valence-corrected chi connectivity index (χ4v) is 2.58. The summed E-state index contributed by atoms with van der Waals surface area (Å²) in [4.78, 5) is 8.71. The first kappa shape index (κ1) is 14.4. The van der Waals surface area contributed by atoms with Crippen molar-refractivity contribution in [3.8, 4) is 16.9 Å². The van der Waals surface area contributed by atoms with E-state index in [-0.39, 0.29) is 0 Å². The van der Waals surface area contributed by atoms with Gasteiger partial charge in [-0.1, -0.05) is 17.3 Å². The van der Waals surface area contributed by atoms with Crippen LogP contribution in [0.5, 0.6) is 5.75 Å². The van der Waals surface area contributed by atoms with Gasteiger partial charge in [-0.25, -0.2) is 0 Å². The number of methoxy groups -OCH3 is 1. The molecular formula is C17H15N5O2. The third kappa shape index (κ3) is 2.60. The number of pyridine rings is 1. The molecule has 120 valence electrons. The number of hydrogen-bond acceptors (Lipinski definition) is 6. The summed E-state index contributed by atoms with van der Waals surface area (Å²) in [5, 5.41) is 8.17. The summed E-state index contributed by atoms with van der Waals surface area (Å²) in [6.45, 7) is 2.20. The number of aromatic nitrogens is 5. The van der Waals surface area contributed by atoms with Gasteiger partial charge in [0.2, 0.25) is 5.89 Å². The molecule has 0 saturated heterocycles. The first-order valence-electron chi connectivity index (χ1n) is 7.48. The summed E-state index contributed by atoms with van der Waals surface area (Å²) >= 11 is 0. The second-order valence-electron chi connectivity index (χ2n) is 5.40. The molecule has 4 aromatic rings. The van der Waals surface area contributed by atoms with E-state index >= 15 is 0 Å². The van der Waals surface area contributed by atoms with E-state index in [0.717, 1.165) is 27.9 Å². The van der Waals surface area contributed by atoms with E-state index in [9.17, 15) is 0 Å². The number of benzene rings is 1. The van der Waals surface area contributed by atoms with Gasteiger partial charge in [0.05, 0.1) is 18.8 Å². The van der Waals surface area contributed by atoms with Crippen molar-refractivity contribution in [1.29, 1.82) is 0 Å². The Hall–Kier alpha value is -3.22. The lowest BCUT2D eigenvalue weighted by molar-refractivity contribution is 0.364. The van der Waals surface area contributed by atoms with Gasteiger partial charge in [0.25, 0.3) is 0 Å². The maximum Gasteiger partial charge on any atom is 0.248 e. The summed E-state index contributed by atoms with van der Waals surface area (Å²) < 4.78 is 12.3. The quantitative estimate of drug-likeness (QED) is 0.575. The predicted molar refractivity (Wildman–Crippen MR) is 87.7 cm³/mol. The molecule has 0 aliphatic carbocycles. The van der Waals surface area contributed by atoms with E-state index < -0.39 is 0 Å². The Bertz CT molecular complexity index is 1010. The van der Waals surface area contributed by atoms with Crippen LogP contribution in [-0.4, -0.2) is 32.0 Å². The van der Waals surface area contributed by atoms with Crippen molar-refractivity contribution in [2.45, 2.75) is 13.5 Å². The number of ether oxygens (including phenoxy) is 1. The molecule has 0 atom stereocenters. The van der Waals surface area contributed by atoms with Crippen molar-refractivity contribution in [2.75, 3.05) is 7.11 Å². The highest BCUT2D eigenvalue weighted by molar-refractivity contribution is 5.80. The van der Waals surface area contributed by atoms with Crippen LogP contribution in [0.2, 0.25) is 0 Å². The predicted octanol–water partition coefficient (Wildman–Crippen LogP) is 2.85. The van der Waals surface area contributed by atoms with E-state index in [2.05, 4.69) is 20.2 Å². The Kier molecular flexibility index (Phi) is 3.45. The summed E-state index contributed by atoms with van der Waals surface area (Å²) in [7, 11) is 1.65. The van der Waals surface area contributed by atoms with Crippen LogP contribution >= 0.6 is 0 Å². The lowest BCUT2D eigenvalue weighted by Gasteiger charge is -2.05. The maximum absolute atomic E-state index is 5.29. The van der Waals surface area contributed by atoms with Gasteiger partial charge in [0, 0.05) is 11.8 Å². The SMILES string of the molecule is COc1cccc(-c2cnc3cnn(Cc4nc(C)no4)c3c2)c1. The molecule has 0 spiro atoms. The van der Waals surface area contributed by atoms with Crippen LogP contribution in [0.25, 0.3) is 22.2 Å². The smallest absolute Gasteiger partial charge is 0.248 e. The molecule has 0 N–H and O–H groups in total. The van der Waals surface area contributed by atoms with Crippen molar-refractivity contribution in [1.82, 2.24) is 24.9 Å². The van der Waals surface area contributed by atoms with Gasteiger partial charge < -0.3 is 9.26 Å². The van der Waals surface area contributed by atoms with Crippen molar-refractivity contribution < 1.29 is 9.26 Å². The number of rotatable bonds is 4. The van der Waals surface area contributed by atoms with E-state index in [1.807, 2.05) is 36.5 Å². The largest absolute Gasteiger partial charge is 0.497 e. The Morgan fingerprint density at radius 3 is 2.88 bits per heavy atom. The maximum atomic E-state index is 5.29. The molecule has 3 aromatic heterocycles. The number of fused-ring (bicyclic) bond motifs is 1. The summed E-state index contributed by atoms with van der Waals surface area (Å²) in [5.41, 5.74) is 3.75. The lowest BCUT2D eigenvalue weighted by atomic mass is 10.1. The van der Waals surface area contributed by atoms with Crippen LogP contribution in [0.3, 0.4) is 0 Å². The van der Waals surface area contributed by atoms with E-state index in [4.69, 9.17) is 9.26 Å². The van der Waals surface area contributed by atoms with Gasteiger partial charge in [-0.15, -0.1) is 0 Å². The highest BCUT2D eigenvalue weighted by Crippen LogP contribution is 2.26. The monoisotopic (exact) mass is 321 g/mol. The van der Waals surface area contributed by atoms with Crippen LogP contribution in [0.15, 0.2) is 47.2 Å². The molecule has 0 unspecified atom stereocenters. The molecule has 0 aliphatic rings. The number of aryl methyl sites for hydroxylation is 1. The van der Waals surface area contributed by atoms with Gasteiger partial charge >= 0.3 is 0 Å². The Labute approximate surface area is 137 Å². The zero-order chi connectivity index (χ0) is 16.5. The van der Waals surface area contributed by atoms with Gasteiger partial charge in [0.1, 0.15) is 17.8 Å². The van der Waals surface area contributed by atoms with Crippen LogP contribution in [0.1, 0.15) is 11.7 Å². The Balaban J connectivity index is 1.75. The molecule has 0 saturated carbocycles. The van der Waals surface area contributed by atoms with Gasteiger partial charge in [-0.2, -0.15) is 10.1 Å². The number of nitrogens with zero attached hydrogens (tertiary/aromatic N) is 5. The zero-order valence-corrected chi connectivity index (χ0v) is 13.3. The van der Waals surface area contributed by atoms with Crippen LogP contribution in [-0.2, 0) is 6.54 Å². The molecule has 0 bridgehead atoms. The molecule has 7 heteroatoms. The molecule has 0 fully saturated rings. The molecule has 3 heterocycles. The topological polar surface area (TPSA) is 78.9 Å². The third-order valence-corrected chi connectivity index (χ3v) is 3.75. The Morgan fingerprint density at radius 1 is 1.17 bits per heavy atom. The van der Waals surface area contributed by atoms with Gasteiger partial charge in [0.15, 0.2) is 5.82 Å². The minimum atomic E-state index is 0.410. The molecule has 24 heavy (non-hydrogen) atoms. The van der Waals surface area contributed by atoms with Gasteiger partial charge in [-0.3, -0.25) is 9.67 Å². The average molecular weight is 321 g/mol. The van der Waals surface area contributed by atoms with E-state index in [1.165, 1.54) is 0 Å². The molecule has 4 rings (SSSR count). The van der Waals surface area contributed by atoms with Crippen LogP contribution in [0.4, 0.5) is 0 Å². The zero-order valence-electron chi connectivity index (χ0n) is 13.3. The van der Waals surface area contributed by atoms with Gasteiger partial charge in [-0.05, 0) is 30.7 Å². The molecule has 0 amide bonds. The van der Waals surface area contributed by atoms with Crippen molar-refractivity contribution in [2.24, 2.45) is 0 Å². The van der Waals surface area contributed by atoms with Crippen molar-refractivity contribution in [3.05, 3.63) is 54.4 Å². The second-order valence-corrected chi connectivity index (χ2v) is 5.40. The van der Waals surface area contributed by atoms with E-state index in [0.29, 0.717) is 18.3 Å². The Morgan fingerprint density at radius 2 is 2.08 bits per heavy atom. The molecule has 1 aromatic carbocycles. The first-order valence-corrected chi connectivity index (χ1v) is 7.48. The third-order valence-electron chi connectivity index (χ3n) is 3.75. The van der Waals surface area contributed by atoms with E-state index in [1.54, 1.807) is 24.9 Å². The average Bonchev–Trinajstić information content (AvgIpc) is 3.21. The van der Waals surface area contributed by atoms with Crippen LogP contribution < -0.4 is 4.74 Å². The lowest BCUT2D eigenvalue weighted by Crippen LogP contribution is -2.02. The molecule has 7 nitrogen and oxygen atoms in total. The highest BCUT2D eigenvalue weighted by atomic mass is 16.5. The standard InChI is InChI=1S/C17H15N5O2/c1-11-20-17(24-21-11)10-22-16-7-13(8-18-15(16)9-19-22)12-4-3-5-14(6-12)23-2/h3-9H,10H2,1-2H3. The summed E-state index contributed by atoms with van der Waals surface area (Å²) in [6.07, 6.45) is 3.56. The summed E-state index contributed by atoms with van der Waals surface area (Å²) in [5.74, 6) is 1.93. The normalized spacial score (nSPS) is 11.1. The first-order chi connectivity index (χ1) is 11.7. The minimum Gasteiger partial charge on any atom is -0.497 e. The van der Waals surface area contributed by atoms with Crippen molar-refractivity contribution >= 4 is 11.0 Å².